The van der Waals surface area contributed by atoms with Crippen LogP contribution in [0.15, 0.2) is 0 Å². The average molecular weight is 234 g/mol. The summed E-state index contributed by atoms with van der Waals surface area (Å²) in [6.07, 6.45) is 8.88. The molecule has 1 aliphatic heterocycles. The number of nitrogens with zero attached hydrogens (tertiary/aromatic N) is 3. The lowest BCUT2D eigenvalue weighted by atomic mass is 10.0. The van der Waals surface area contributed by atoms with E-state index < -0.39 is 0 Å². The maximum Gasteiger partial charge on any atom is 0.154 e. The van der Waals surface area contributed by atoms with Crippen LogP contribution in [0.5, 0.6) is 0 Å². The van der Waals surface area contributed by atoms with Gasteiger partial charge in [0.1, 0.15) is 5.82 Å². The molecule has 2 heterocycles. The van der Waals surface area contributed by atoms with Crippen molar-refractivity contribution in [2.75, 3.05) is 6.54 Å². The number of hydrogen-bond acceptors (Lipinski definition) is 3. The first-order chi connectivity index (χ1) is 8.33. The Kier molecular flexibility index (Phi) is 3.14. The Morgan fingerprint density at radius 2 is 2.18 bits per heavy atom. The maximum absolute atomic E-state index is 4.68. The Balaban J connectivity index is 1.56. The minimum absolute atomic E-state index is 0.669. The molecule has 17 heavy (non-hydrogen) atoms. The van der Waals surface area contributed by atoms with Crippen LogP contribution in [-0.2, 0) is 13.5 Å². The van der Waals surface area contributed by atoms with Crippen LogP contribution in [0.25, 0.3) is 0 Å². The fourth-order valence-corrected chi connectivity index (χ4v) is 2.64. The Bertz CT molecular complexity index is 375. The smallest absolute Gasteiger partial charge is 0.154 e. The molecule has 0 spiro atoms. The zero-order valence-electron chi connectivity index (χ0n) is 10.7. The molecule has 0 radical (unpaired) electrons. The molecule has 2 aliphatic rings. The highest BCUT2D eigenvalue weighted by Crippen LogP contribution is 2.38. The van der Waals surface area contributed by atoms with E-state index in [1.165, 1.54) is 50.9 Å². The fraction of sp³-hybridized carbons (Fsp3) is 0.846. The third-order valence-corrected chi connectivity index (χ3v) is 3.94. The lowest BCUT2D eigenvalue weighted by Gasteiger charge is -2.22. The quantitative estimate of drug-likeness (QED) is 0.863. The number of aromatic nitrogens is 3. The van der Waals surface area contributed by atoms with Crippen LogP contribution < -0.4 is 5.32 Å². The highest BCUT2D eigenvalue weighted by molar-refractivity contribution is 5.06. The molecule has 1 N–H and O–H groups in total. The number of aryl methyl sites for hydroxylation is 2. The molecule has 0 bridgehead atoms. The summed E-state index contributed by atoms with van der Waals surface area (Å²) in [6.45, 7) is 1.19. The van der Waals surface area contributed by atoms with Gasteiger partial charge in [-0.25, -0.2) is 4.98 Å². The third kappa shape index (κ3) is 2.68. The second-order valence-corrected chi connectivity index (χ2v) is 5.47. The molecule has 1 aromatic heterocycles. The van der Waals surface area contributed by atoms with E-state index in [0.29, 0.717) is 12.0 Å². The molecule has 1 saturated carbocycles. The van der Waals surface area contributed by atoms with Gasteiger partial charge in [0.05, 0.1) is 0 Å². The predicted octanol–water partition coefficient (Wildman–Crippen LogP) is 1.77. The molecular formula is C13H22N4. The van der Waals surface area contributed by atoms with Gasteiger partial charge < -0.3 is 5.32 Å². The van der Waals surface area contributed by atoms with Crippen molar-refractivity contribution >= 4 is 0 Å². The highest BCUT2D eigenvalue weighted by Gasteiger charge is 2.28. The van der Waals surface area contributed by atoms with E-state index >= 15 is 0 Å². The molecule has 2 fully saturated rings. The summed E-state index contributed by atoms with van der Waals surface area (Å²) in [4.78, 5) is 4.68. The zero-order chi connectivity index (χ0) is 11.7. The monoisotopic (exact) mass is 234 g/mol. The Hall–Kier alpha value is -0.900. The van der Waals surface area contributed by atoms with E-state index in [1.807, 2.05) is 11.7 Å². The molecular weight excluding hydrogens is 212 g/mol. The van der Waals surface area contributed by atoms with Crippen LogP contribution in [0.3, 0.4) is 0 Å². The first-order valence-electron chi connectivity index (χ1n) is 6.96. The van der Waals surface area contributed by atoms with E-state index in [4.69, 9.17) is 0 Å². The van der Waals surface area contributed by atoms with E-state index in [0.717, 1.165) is 12.2 Å². The van der Waals surface area contributed by atoms with Gasteiger partial charge in [-0.15, -0.1) is 0 Å². The largest absolute Gasteiger partial charge is 0.314 e. The highest BCUT2D eigenvalue weighted by atomic mass is 15.3. The van der Waals surface area contributed by atoms with Gasteiger partial charge in [0.15, 0.2) is 5.82 Å². The van der Waals surface area contributed by atoms with Crippen molar-refractivity contribution in [3.05, 3.63) is 11.6 Å². The molecule has 1 aromatic rings. The SMILES string of the molecule is Cn1nc(C2CC2)nc1CCC1CCCCN1. The van der Waals surface area contributed by atoms with Crippen molar-refractivity contribution < 1.29 is 0 Å². The maximum atomic E-state index is 4.68. The van der Waals surface area contributed by atoms with Crippen molar-refractivity contribution in [1.82, 2.24) is 20.1 Å². The number of piperidine rings is 1. The Labute approximate surface area is 103 Å². The van der Waals surface area contributed by atoms with Crippen LogP contribution in [0.2, 0.25) is 0 Å². The summed E-state index contributed by atoms with van der Waals surface area (Å²) >= 11 is 0. The van der Waals surface area contributed by atoms with E-state index in [2.05, 4.69) is 15.4 Å². The van der Waals surface area contributed by atoms with E-state index in [-0.39, 0.29) is 0 Å². The Morgan fingerprint density at radius 1 is 1.29 bits per heavy atom. The van der Waals surface area contributed by atoms with Crippen molar-refractivity contribution in [2.45, 2.75) is 56.9 Å². The number of rotatable bonds is 4. The summed E-state index contributed by atoms with van der Waals surface area (Å²) in [7, 11) is 2.03. The predicted molar refractivity (Wildman–Crippen MR) is 66.9 cm³/mol. The minimum atomic E-state index is 0.669. The van der Waals surface area contributed by atoms with E-state index in [9.17, 15) is 0 Å². The lowest BCUT2D eigenvalue weighted by Crippen LogP contribution is -2.34. The van der Waals surface area contributed by atoms with Gasteiger partial charge in [-0.1, -0.05) is 6.42 Å². The normalized spacial score (nSPS) is 25.1. The topological polar surface area (TPSA) is 42.7 Å². The first-order valence-corrected chi connectivity index (χ1v) is 6.96. The van der Waals surface area contributed by atoms with Gasteiger partial charge in [0.25, 0.3) is 0 Å². The number of hydrogen-bond donors (Lipinski definition) is 1. The zero-order valence-corrected chi connectivity index (χ0v) is 10.7. The minimum Gasteiger partial charge on any atom is -0.314 e. The summed E-state index contributed by atoms with van der Waals surface area (Å²) in [5.41, 5.74) is 0. The van der Waals surface area contributed by atoms with Gasteiger partial charge in [-0.3, -0.25) is 4.68 Å². The summed E-state index contributed by atoms with van der Waals surface area (Å²) in [6, 6.07) is 0.699. The third-order valence-electron chi connectivity index (χ3n) is 3.94. The molecule has 3 rings (SSSR count). The van der Waals surface area contributed by atoms with Crippen molar-refractivity contribution in [3.63, 3.8) is 0 Å². The standard InChI is InChI=1S/C13H22N4/c1-17-12(15-13(16-17)10-5-6-10)8-7-11-4-2-3-9-14-11/h10-11,14H,2-9H2,1H3. The molecule has 1 unspecified atom stereocenters. The van der Waals surface area contributed by atoms with Crippen LogP contribution in [-0.4, -0.2) is 27.4 Å². The van der Waals surface area contributed by atoms with Gasteiger partial charge in [0.2, 0.25) is 0 Å². The molecule has 4 nitrogen and oxygen atoms in total. The molecule has 0 aromatic carbocycles. The van der Waals surface area contributed by atoms with Gasteiger partial charge >= 0.3 is 0 Å². The lowest BCUT2D eigenvalue weighted by molar-refractivity contribution is 0.379. The number of nitrogens with one attached hydrogen (secondary N) is 1. The summed E-state index contributed by atoms with van der Waals surface area (Å²) < 4.78 is 1.98. The molecule has 1 atom stereocenters. The molecule has 4 heteroatoms. The first kappa shape index (κ1) is 11.2. The second-order valence-electron chi connectivity index (χ2n) is 5.47. The van der Waals surface area contributed by atoms with Gasteiger partial charge in [-0.2, -0.15) is 5.10 Å². The van der Waals surface area contributed by atoms with Crippen molar-refractivity contribution in [3.8, 4) is 0 Å². The van der Waals surface area contributed by atoms with Gasteiger partial charge in [-0.05, 0) is 38.6 Å². The van der Waals surface area contributed by atoms with Crippen LogP contribution >= 0.6 is 0 Å². The fourth-order valence-electron chi connectivity index (χ4n) is 2.64. The molecule has 1 aliphatic carbocycles. The molecule has 0 amide bonds. The van der Waals surface area contributed by atoms with Gasteiger partial charge in [0, 0.05) is 25.4 Å². The van der Waals surface area contributed by atoms with Crippen LogP contribution in [0.1, 0.15) is 56.1 Å². The summed E-state index contributed by atoms with van der Waals surface area (Å²) in [5, 5.41) is 8.11. The second kappa shape index (κ2) is 4.77. The van der Waals surface area contributed by atoms with Crippen LogP contribution in [0.4, 0.5) is 0 Å². The summed E-state index contributed by atoms with van der Waals surface area (Å²) in [5.74, 6) is 2.92. The molecule has 1 saturated heterocycles. The van der Waals surface area contributed by atoms with Crippen LogP contribution in [0, 0.1) is 0 Å². The van der Waals surface area contributed by atoms with Crippen molar-refractivity contribution in [2.24, 2.45) is 7.05 Å². The van der Waals surface area contributed by atoms with Crippen molar-refractivity contribution in [1.29, 1.82) is 0 Å². The average Bonchev–Trinajstić information content (AvgIpc) is 3.13. The molecule has 94 valence electrons. The Morgan fingerprint density at radius 3 is 2.88 bits per heavy atom. The van der Waals surface area contributed by atoms with E-state index in [1.54, 1.807) is 0 Å².